The fourth-order valence-corrected chi connectivity index (χ4v) is 4.35. The molecule has 1 N–H and O–H groups in total. The molecule has 21 heavy (non-hydrogen) atoms. The molecule has 0 aliphatic carbocycles. The molecule has 0 radical (unpaired) electrons. The van der Waals surface area contributed by atoms with Crippen molar-refractivity contribution in [1.29, 1.82) is 0 Å². The van der Waals surface area contributed by atoms with Crippen LogP contribution in [0.3, 0.4) is 0 Å². The van der Waals surface area contributed by atoms with E-state index in [9.17, 15) is 9.90 Å². The number of hydrogen-bond donors (Lipinski definition) is 1. The number of rotatable bonds is 6. The van der Waals surface area contributed by atoms with Gasteiger partial charge in [-0.15, -0.1) is 23.1 Å². The van der Waals surface area contributed by atoms with Crippen LogP contribution in [0, 0.1) is 5.92 Å². The Kier molecular flexibility index (Phi) is 5.84. The van der Waals surface area contributed by atoms with E-state index in [0.29, 0.717) is 28.7 Å². The number of carbonyl (C=O) groups is 1. The Morgan fingerprint density at radius 2 is 2.14 bits per heavy atom. The molecule has 6 heteroatoms. The largest absolute Gasteiger partial charge is 0.477 e. The van der Waals surface area contributed by atoms with E-state index in [-0.39, 0.29) is 0 Å². The SMILES string of the molecule is CC(C)Cc1nc(CSc2ccccc2Br)sc1C(=O)O. The summed E-state index contributed by atoms with van der Waals surface area (Å²) in [5.74, 6) is 0.209. The lowest BCUT2D eigenvalue weighted by Crippen LogP contribution is -2.02. The van der Waals surface area contributed by atoms with Crippen LogP contribution < -0.4 is 0 Å². The highest BCUT2D eigenvalue weighted by Crippen LogP contribution is 2.32. The summed E-state index contributed by atoms with van der Waals surface area (Å²) in [4.78, 5) is 17.3. The predicted octanol–water partition coefficient (Wildman–Crippen LogP) is 5.09. The lowest BCUT2D eigenvalue weighted by atomic mass is 10.1. The molecule has 2 rings (SSSR count). The molecule has 1 heterocycles. The van der Waals surface area contributed by atoms with Crippen LogP contribution in [-0.4, -0.2) is 16.1 Å². The Hall–Kier alpha value is -0.850. The molecule has 0 unspecified atom stereocenters. The fourth-order valence-electron chi connectivity index (χ4n) is 1.86. The van der Waals surface area contributed by atoms with Crippen LogP contribution in [-0.2, 0) is 12.2 Å². The van der Waals surface area contributed by atoms with Crippen LogP contribution in [0.5, 0.6) is 0 Å². The Morgan fingerprint density at radius 1 is 1.43 bits per heavy atom. The van der Waals surface area contributed by atoms with Gasteiger partial charge in [0.1, 0.15) is 9.88 Å². The third-order valence-corrected chi connectivity index (χ3v) is 6.03. The zero-order valence-corrected chi connectivity index (χ0v) is 15.0. The second kappa shape index (κ2) is 7.42. The van der Waals surface area contributed by atoms with Crippen molar-refractivity contribution in [3.8, 4) is 0 Å². The van der Waals surface area contributed by atoms with Crippen molar-refractivity contribution < 1.29 is 9.90 Å². The van der Waals surface area contributed by atoms with E-state index in [1.54, 1.807) is 11.8 Å². The molecule has 0 amide bonds. The van der Waals surface area contributed by atoms with Gasteiger partial charge in [-0.3, -0.25) is 0 Å². The minimum Gasteiger partial charge on any atom is -0.477 e. The average molecular weight is 386 g/mol. The zero-order valence-electron chi connectivity index (χ0n) is 11.8. The smallest absolute Gasteiger partial charge is 0.347 e. The maximum absolute atomic E-state index is 11.3. The highest BCUT2D eigenvalue weighted by molar-refractivity contribution is 9.10. The van der Waals surface area contributed by atoms with E-state index in [4.69, 9.17) is 0 Å². The Labute approximate surface area is 140 Å². The first-order valence-corrected chi connectivity index (χ1v) is 9.16. The summed E-state index contributed by atoms with van der Waals surface area (Å²) in [7, 11) is 0. The summed E-state index contributed by atoms with van der Waals surface area (Å²) >= 11 is 6.46. The van der Waals surface area contributed by atoms with Crippen molar-refractivity contribution >= 4 is 45.0 Å². The monoisotopic (exact) mass is 385 g/mol. The Bertz CT molecular complexity index is 640. The lowest BCUT2D eigenvalue weighted by molar-refractivity contribution is 0.0700. The van der Waals surface area contributed by atoms with Crippen molar-refractivity contribution in [2.75, 3.05) is 0 Å². The average Bonchev–Trinajstić information content (AvgIpc) is 2.80. The molecule has 0 bridgehead atoms. The van der Waals surface area contributed by atoms with Gasteiger partial charge in [-0.1, -0.05) is 26.0 Å². The maximum Gasteiger partial charge on any atom is 0.347 e. The van der Waals surface area contributed by atoms with Crippen LogP contribution in [0.25, 0.3) is 0 Å². The van der Waals surface area contributed by atoms with E-state index >= 15 is 0 Å². The van der Waals surface area contributed by atoms with E-state index < -0.39 is 5.97 Å². The lowest BCUT2D eigenvalue weighted by Gasteiger charge is -2.02. The molecule has 0 saturated heterocycles. The molecular formula is C15H16BrNO2S2. The van der Waals surface area contributed by atoms with Crippen LogP contribution in [0.2, 0.25) is 0 Å². The topological polar surface area (TPSA) is 50.2 Å². The maximum atomic E-state index is 11.3. The number of benzene rings is 1. The molecule has 0 aliphatic rings. The summed E-state index contributed by atoms with van der Waals surface area (Å²) in [5.41, 5.74) is 0.713. The van der Waals surface area contributed by atoms with Gasteiger partial charge in [-0.25, -0.2) is 9.78 Å². The number of nitrogens with zero attached hydrogens (tertiary/aromatic N) is 1. The minimum atomic E-state index is -0.875. The van der Waals surface area contributed by atoms with Crippen molar-refractivity contribution in [3.63, 3.8) is 0 Å². The third-order valence-electron chi connectivity index (χ3n) is 2.73. The molecule has 112 valence electrons. The van der Waals surface area contributed by atoms with Crippen molar-refractivity contribution in [2.45, 2.75) is 30.9 Å². The Balaban J connectivity index is 2.14. The van der Waals surface area contributed by atoms with E-state index in [1.165, 1.54) is 11.3 Å². The molecule has 1 aromatic carbocycles. The van der Waals surface area contributed by atoms with Crippen molar-refractivity contribution in [3.05, 3.63) is 44.3 Å². The number of carboxylic acids is 1. The summed E-state index contributed by atoms with van der Waals surface area (Å²) in [6.45, 7) is 4.14. The van der Waals surface area contributed by atoms with Gasteiger partial charge in [0.25, 0.3) is 0 Å². The van der Waals surface area contributed by atoms with E-state index in [0.717, 1.165) is 14.4 Å². The predicted molar refractivity (Wildman–Crippen MR) is 91.3 cm³/mol. The summed E-state index contributed by atoms with van der Waals surface area (Å²) in [5, 5.41) is 10.1. The van der Waals surface area contributed by atoms with Crippen LogP contribution >= 0.6 is 39.0 Å². The summed E-state index contributed by atoms with van der Waals surface area (Å²) < 4.78 is 1.05. The quantitative estimate of drug-likeness (QED) is 0.703. The number of hydrogen-bond acceptors (Lipinski definition) is 4. The second-order valence-corrected chi connectivity index (χ2v) is 7.96. The molecule has 3 nitrogen and oxygen atoms in total. The molecule has 0 saturated carbocycles. The number of halogens is 1. The second-order valence-electron chi connectivity index (χ2n) is 5.01. The van der Waals surface area contributed by atoms with Gasteiger partial charge in [-0.2, -0.15) is 0 Å². The number of aromatic carboxylic acids is 1. The summed E-state index contributed by atoms with van der Waals surface area (Å²) in [6.07, 6.45) is 0.706. The molecular weight excluding hydrogens is 370 g/mol. The minimum absolute atomic E-state index is 0.381. The number of thioether (sulfide) groups is 1. The summed E-state index contributed by atoms with van der Waals surface area (Å²) in [6, 6.07) is 8.00. The fraction of sp³-hybridized carbons (Fsp3) is 0.333. The van der Waals surface area contributed by atoms with E-state index in [1.807, 2.05) is 24.3 Å². The van der Waals surface area contributed by atoms with Crippen molar-refractivity contribution in [2.24, 2.45) is 5.92 Å². The first kappa shape index (κ1) is 16.5. The van der Waals surface area contributed by atoms with Crippen LogP contribution in [0.15, 0.2) is 33.6 Å². The highest BCUT2D eigenvalue weighted by Gasteiger charge is 2.18. The first-order valence-electron chi connectivity index (χ1n) is 6.56. The molecule has 0 fully saturated rings. The molecule has 0 atom stereocenters. The molecule has 0 spiro atoms. The van der Waals surface area contributed by atoms with Gasteiger partial charge in [0.15, 0.2) is 0 Å². The molecule has 2 aromatic rings. The van der Waals surface area contributed by atoms with Crippen molar-refractivity contribution in [1.82, 2.24) is 4.98 Å². The van der Waals surface area contributed by atoms with Gasteiger partial charge < -0.3 is 5.11 Å². The molecule has 0 aliphatic heterocycles. The van der Waals surface area contributed by atoms with Gasteiger partial charge in [0.2, 0.25) is 0 Å². The standard InChI is InChI=1S/C15H16BrNO2S2/c1-9(2)7-11-14(15(18)19)21-13(17-11)8-20-12-6-4-3-5-10(12)16/h3-6,9H,7-8H2,1-2H3,(H,18,19). The molecule has 1 aromatic heterocycles. The number of thiazole rings is 1. The van der Waals surface area contributed by atoms with Gasteiger partial charge in [-0.05, 0) is 40.4 Å². The zero-order chi connectivity index (χ0) is 15.4. The number of carboxylic acid groups (broad SMARTS) is 1. The Morgan fingerprint density at radius 3 is 2.76 bits per heavy atom. The normalized spacial score (nSPS) is 11.0. The van der Waals surface area contributed by atoms with Gasteiger partial charge in [0, 0.05) is 9.37 Å². The van der Waals surface area contributed by atoms with Crippen LogP contribution in [0.1, 0.15) is 34.2 Å². The highest BCUT2D eigenvalue weighted by atomic mass is 79.9. The number of aromatic nitrogens is 1. The first-order chi connectivity index (χ1) is 9.97. The van der Waals surface area contributed by atoms with E-state index in [2.05, 4.69) is 34.8 Å². The van der Waals surface area contributed by atoms with Gasteiger partial charge >= 0.3 is 5.97 Å². The van der Waals surface area contributed by atoms with Crippen LogP contribution in [0.4, 0.5) is 0 Å². The van der Waals surface area contributed by atoms with Gasteiger partial charge in [0.05, 0.1) is 11.4 Å². The third kappa shape index (κ3) is 4.56.